The first-order valence-corrected chi connectivity index (χ1v) is 8.39. The first-order chi connectivity index (χ1) is 11.8. The van der Waals surface area contributed by atoms with Crippen LogP contribution in [0.25, 0.3) is 32.3 Å². The molecule has 0 bridgehead atoms. The largest absolute Gasteiger partial charge is 0.396 e. The van der Waals surface area contributed by atoms with Gasteiger partial charge in [-0.3, -0.25) is 0 Å². The molecule has 24 heavy (non-hydrogen) atoms. The molecule has 4 aromatic rings. The van der Waals surface area contributed by atoms with Crippen molar-refractivity contribution in [3.8, 4) is 0 Å². The molecule has 0 radical (unpaired) electrons. The summed E-state index contributed by atoms with van der Waals surface area (Å²) in [6.07, 6.45) is 1.34. The van der Waals surface area contributed by atoms with Crippen LogP contribution in [0.3, 0.4) is 0 Å². The zero-order valence-electron chi connectivity index (χ0n) is 13.5. The average Bonchev–Trinajstić information content (AvgIpc) is 2.62. The van der Waals surface area contributed by atoms with Crippen LogP contribution in [-0.2, 0) is 12.8 Å². The van der Waals surface area contributed by atoms with Gasteiger partial charge < -0.3 is 10.2 Å². The van der Waals surface area contributed by atoms with Crippen molar-refractivity contribution in [3.63, 3.8) is 0 Å². The molecule has 0 unspecified atom stereocenters. The van der Waals surface area contributed by atoms with Crippen molar-refractivity contribution in [2.75, 3.05) is 13.2 Å². The third-order valence-corrected chi connectivity index (χ3v) is 4.79. The van der Waals surface area contributed by atoms with E-state index in [0.29, 0.717) is 12.8 Å². The molecule has 0 saturated carbocycles. The Bertz CT molecular complexity index is 1030. The van der Waals surface area contributed by atoms with Gasteiger partial charge in [0.05, 0.1) is 0 Å². The van der Waals surface area contributed by atoms with Crippen LogP contribution in [0.4, 0.5) is 0 Å². The van der Waals surface area contributed by atoms with Gasteiger partial charge in [0.15, 0.2) is 0 Å². The van der Waals surface area contributed by atoms with E-state index in [4.69, 9.17) is 5.11 Å². The zero-order chi connectivity index (χ0) is 16.5. The quantitative estimate of drug-likeness (QED) is 0.554. The van der Waals surface area contributed by atoms with E-state index in [9.17, 15) is 5.11 Å². The summed E-state index contributed by atoms with van der Waals surface area (Å²) >= 11 is 0. The lowest BCUT2D eigenvalue weighted by atomic mass is 9.92. The minimum Gasteiger partial charge on any atom is -0.396 e. The standard InChI is InChI=1S/C22H20O2/c23-11-9-15-5-7-19-16(13-15)6-8-21-20-4-2-1-3-18(20)17(10-12-24)14-22(19)21/h1-8,13-14,23-24H,9-12H2. The lowest BCUT2D eigenvalue weighted by Gasteiger charge is -2.12. The molecule has 4 rings (SSSR count). The molecule has 0 heterocycles. The van der Waals surface area contributed by atoms with Gasteiger partial charge in [-0.2, -0.15) is 0 Å². The van der Waals surface area contributed by atoms with Gasteiger partial charge in [0.25, 0.3) is 0 Å². The van der Waals surface area contributed by atoms with E-state index in [2.05, 4.69) is 60.7 Å². The maximum Gasteiger partial charge on any atom is 0.0471 e. The van der Waals surface area contributed by atoms with Crippen LogP contribution >= 0.6 is 0 Å². The maximum absolute atomic E-state index is 9.44. The van der Waals surface area contributed by atoms with E-state index < -0.39 is 0 Å². The van der Waals surface area contributed by atoms with E-state index in [1.54, 1.807) is 0 Å². The van der Waals surface area contributed by atoms with Crippen LogP contribution in [0.5, 0.6) is 0 Å². The monoisotopic (exact) mass is 316 g/mol. The van der Waals surface area contributed by atoms with Gasteiger partial charge in [-0.1, -0.05) is 54.6 Å². The molecular weight excluding hydrogens is 296 g/mol. The Hall–Kier alpha value is -2.42. The highest BCUT2D eigenvalue weighted by Crippen LogP contribution is 2.34. The Kier molecular flexibility index (Phi) is 3.93. The summed E-state index contributed by atoms with van der Waals surface area (Å²) < 4.78 is 0. The summed E-state index contributed by atoms with van der Waals surface area (Å²) in [5.74, 6) is 0. The van der Waals surface area contributed by atoms with Crippen molar-refractivity contribution in [1.82, 2.24) is 0 Å². The van der Waals surface area contributed by atoms with Gasteiger partial charge in [-0.15, -0.1) is 0 Å². The van der Waals surface area contributed by atoms with E-state index in [1.807, 2.05) is 0 Å². The molecule has 0 fully saturated rings. The highest BCUT2D eigenvalue weighted by atomic mass is 16.3. The molecule has 0 atom stereocenters. The Morgan fingerprint density at radius 3 is 2.08 bits per heavy atom. The zero-order valence-corrected chi connectivity index (χ0v) is 13.5. The van der Waals surface area contributed by atoms with Gasteiger partial charge in [-0.25, -0.2) is 0 Å². The molecule has 2 N–H and O–H groups in total. The fourth-order valence-electron chi connectivity index (χ4n) is 3.66. The summed E-state index contributed by atoms with van der Waals surface area (Å²) in [6.45, 7) is 0.325. The second-order valence-electron chi connectivity index (χ2n) is 6.24. The van der Waals surface area contributed by atoms with Gasteiger partial charge >= 0.3 is 0 Å². The molecule has 2 nitrogen and oxygen atoms in total. The molecule has 0 aliphatic heterocycles. The normalized spacial score (nSPS) is 11.6. The summed E-state index contributed by atoms with van der Waals surface area (Å²) in [5, 5.41) is 25.9. The molecule has 120 valence electrons. The second-order valence-corrected chi connectivity index (χ2v) is 6.24. The van der Waals surface area contributed by atoms with Crippen LogP contribution in [0.1, 0.15) is 11.1 Å². The third kappa shape index (κ3) is 2.44. The van der Waals surface area contributed by atoms with Crippen molar-refractivity contribution in [3.05, 3.63) is 71.8 Å². The van der Waals surface area contributed by atoms with Crippen molar-refractivity contribution in [1.29, 1.82) is 0 Å². The SMILES string of the molecule is OCCc1ccc2c(ccc3c4ccccc4c(CCO)cc23)c1. The number of aliphatic hydroxyl groups excluding tert-OH is 2. The van der Waals surface area contributed by atoms with E-state index >= 15 is 0 Å². The summed E-state index contributed by atoms with van der Waals surface area (Å²) in [5.41, 5.74) is 2.34. The highest BCUT2D eigenvalue weighted by molar-refractivity contribution is 6.18. The molecule has 4 aromatic carbocycles. The van der Waals surface area contributed by atoms with Crippen LogP contribution in [-0.4, -0.2) is 23.4 Å². The first-order valence-electron chi connectivity index (χ1n) is 8.39. The summed E-state index contributed by atoms with van der Waals surface area (Å²) in [4.78, 5) is 0. The molecule has 0 aromatic heterocycles. The van der Waals surface area contributed by atoms with Gasteiger partial charge in [0, 0.05) is 13.2 Å². The fourth-order valence-corrected chi connectivity index (χ4v) is 3.66. The number of rotatable bonds is 4. The molecule has 0 spiro atoms. The Balaban J connectivity index is 2.08. The van der Waals surface area contributed by atoms with E-state index in [1.165, 1.54) is 37.9 Å². The number of hydrogen-bond donors (Lipinski definition) is 2. The molecular formula is C22H20O2. The minimum atomic E-state index is 0.154. The Labute approximate surface area is 141 Å². The van der Waals surface area contributed by atoms with Gasteiger partial charge in [0.2, 0.25) is 0 Å². The lowest BCUT2D eigenvalue weighted by molar-refractivity contribution is 0.299. The van der Waals surface area contributed by atoms with Gasteiger partial charge in [-0.05, 0) is 62.4 Å². The third-order valence-electron chi connectivity index (χ3n) is 4.79. The Morgan fingerprint density at radius 1 is 0.583 bits per heavy atom. The average molecular weight is 316 g/mol. The number of hydrogen-bond acceptors (Lipinski definition) is 2. The van der Waals surface area contributed by atoms with E-state index in [-0.39, 0.29) is 13.2 Å². The molecule has 0 aliphatic rings. The van der Waals surface area contributed by atoms with Crippen molar-refractivity contribution < 1.29 is 10.2 Å². The number of fused-ring (bicyclic) bond motifs is 5. The van der Waals surface area contributed by atoms with Crippen molar-refractivity contribution >= 4 is 32.3 Å². The maximum atomic E-state index is 9.44. The smallest absolute Gasteiger partial charge is 0.0471 e. The first kappa shape index (κ1) is 15.1. The lowest BCUT2D eigenvalue weighted by Crippen LogP contribution is -1.94. The molecule has 0 aliphatic carbocycles. The van der Waals surface area contributed by atoms with Crippen LogP contribution in [0.15, 0.2) is 60.7 Å². The van der Waals surface area contributed by atoms with Crippen LogP contribution in [0, 0.1) is 0 Å². The van der Waals surface area contributed by atoms with Crippen LogP contribution < -0.4 is 0 Å². The molecule has 0 saturated heterocycles. The minimum absolute atomic E-state index is 0.154. The van der Waals surface area contributed by atoms with Crippen molar-refractivity contribution in [2.24, 2.45) is 0 Å². The number of benzene rings is 4. The predicted octanol–water partition coefficient (Wildman–Crippen LogP) is 4.22. The highest BCUT2D eigenvalue weighted by Gasteiger charge is 2.09. The topological polar surface area (TPSA) is 40.5 Å². The summed E-state index contributed by atoms with van der Waals surface area (Å²) in [7, 11) is 0. The van der Waals surface area contributed by atoms with Crippen molar-refractivity contribution in [2.45, 2.75) is 12.8 Å². The fraction of sp³-hybridized carbons (Fsp3) is 0.182. The summed E-state index contributed by atoms with van der Waals surface area (Å²) in [6, 6.07) is 21.4. The molecule has 0 amide bonds. The van der Waals surface area contributed by atoms with Gasteiger partial charge in [0.1, 0.15) is 0 Å². The predicted molar refractivity (Wildman–Crippen MR) is 101 cm³/mol. The Morgan fingerprint density at radius 2 is 1.29 bits per heavy atom. The second kappa shape index (κ2) is 6.23. The van der Waals surface area contributed by atoms with E-state index in [0.717, 1.165) is 5.56 Å². The van der Waals surface area contributed by atoms with Crippen LogP contribution in [0.2, 0.25) is 0 Å². The number of aliphatic hydroxyl groups is 2. The molecule has 2 heteroatoms.